The van der Waals surface area contributed by atoms with E-state index in [2.05, 4.69) is 41.7 Å². The third-order valence-electron chi connectivity index (χ3n) is 4.13. The van der Waals surface area contributed by atoms with Crippen molar-refractivity contribution in [2.45, 2.75) is 6.92 Å². The highest BCUT2D eigenvalue weighted by molar-refractivity contribution is 5.66. The van der Waals surface area contributed by atoms with E-state index in [1.807, 2.05) is 42.1 Å². The van der Waals surface area contributed by atoms with Gasteiger partial charge in [0.2, 0.25) is 0 Å². The Kier molecular flexibility index (Phi) is 4.77. The first-order valence-corrected chi connectivity index (χ1v) is 8.71. The molecule has 4 aromatic rings. The Hall–Kier alpha value is -4.39. The number of nitrogens with zero attached hydrogens (tertiary/aromatic N) is 9. The summed E-state index contributed by atoms with van der Waals surface area (Å²) in [6, 6.07) is 9.54. The molecule has 0 aliphatic carbocycles. The lowest BCUT2D eigenvalue weighted by atomic mass is 10.2. The molecular weight excluding hydrogens is 368 g/mol. The standard InChI is InChI=1S/C19H16N10/c1-13-10-15(28-8-3-4-9-28)25-17(21-2)16(13)26-27-18-14(11-20)12-24-29(18)19-22-6-5-7-23-19/h3-10,12H,1-2H3,(H,21,25)/b27-26+. The Morgan fingerprint density at radius 1 is 1.10 bits per heavy atom. The summed E-state index contributed by atoms with van der Waals surface area (Å²) in [5.74, 6) is 1.87. The normalized spacial score (nSPS) is 10.9. The van der Waals surface area contributed by atoms with Gasteiger partial charge in [-0.25, -0.2) is 15.0 Å². The van der Waals surface area contributed by atoms with Gasteiger partial charge in [0.25, 0.3) is 5.95 Å². The number of azo groups is 1. The number of nitrogens with one attached hydrogen (secondary N) is 1. The average Bonchev–Trinajstić information content (AvgIpc) is 3.43. The second-order valence-corrected chi connectivity index (χ2v) is 5.99. The van der Waals surface area contributed by atoms with Gasteiger partial charge in [-0.3, -0.25) is 0 Å². The molecule has 0 radical (unpaired) electrons. The molecule has 1 N–H and O–H groups in total. The third kappa shape index (κ3) is 3.44. The molecule has 0 saturated heterocycles. The van der Waals surface area contributed by atoms with Gasteiger partial charge >= 0.3 is 0 Å². The van der Waals surface area contributed by atoms with Crippen molar-refractivity contribution in [3.8, 4) is 17.8 Å². The molecule has 0 unspecified atom stereocenters. The SMILES string of the molecule is CNc1nc(-n2cccc2)cc(C)c1/N=N/c1c(C#N)cnn1-c1ncccn1. The van der Waals surface area contributed by atoms with Crippen LogP contribution in [0.5, 0.6) is 0 Å². The fourth-order valence-electron chi connectivity index (χ4n) is 2.73. The van der Waals surface area contributed by atoms with Crippen molar-refractivity contribution in [2.75, 3.05) is 12.4 Å². The average molecular weight is 384 g/mol. The fraction of sp³-hybridized carbons (Fsp3) is 0.105. The minimum absolute atomic E-state index is 0.245. The minimum Gasteiger partial charge on any atom is -0.371 e. The second kappa shape index (κ2) is 7.69. The number of pyridine rings is 1. The lowest BCUT2D eigenvalue weighted by molar-refractivity contribution is 0.803. The van der Waals surface area contributed by atoms with Gasteiger partial charge in [0.05, 0.1) is 6.20 Å². The number of anilines is 1. The molecule has 0 fully saturated rings. The van der Waals surface area contributed by atoms with Crippen LogP contribution in [0.1, 0.15) is 11.1 Å². The predicted molar refractivity (Wildman–Crippen MR) is 106 cm³/mol. The van der Waals surface area contributed by atoms with Gasteiger partial charge in [-0.2, -0.15) is 15.0 Å². The van der Waals surface area contributed by atoms with Gasteiger partial charge in [-0.1, -0.05) is 0 Å². The van der Waals surface area contributed by atoms with Gasteiger partial charge in [0, 0.05) is 31.8 Å². The number of aromatic nitrogens is 6. The Balaban J connectivity index is 1.77. The summed E-state index contributed by atoms with van der Waals surface area (Å²) in [7, 11) is 1.77. The number of aryl methyl sites for hydroxylation is 1. The molecule has 0 aliphatic heterocycles. The van der Waals surface area contributed by atoms with Crippen LogP contribution < -0.4 is 5.32 Å². The van der Waals surface area contributed by atoms with Crippen molar-refractivity contribution in [3.05, 3.63) is 66.4 Å². The maximum Gasteiger partial charge on any atom is 0.252 e. The van der Waals surface area contributed by atoms with E-state index < -0.39 is 0 Å². The maximum atomic E-state index is 9.40. The highest BCUT2D eigenvalue weighted by Crippen LogP contribution is 2.31. The van der Waals surface area contributed by atoms with Crippen LogP contribution in [-0.4, -0.2) is 36.3 Å². The topological polar surface area (TPSA) is 122 Å². The van der Waals surface area contributed by atoms with Crippen LogP contribution in [0.3, 0.4) is 0 Å². The van der Waals surface area contributed by atoms with E-state index >= 15 is 0 Å². The van der Waals surface area contributed by atoms with Crippen LogP contribution in [0, 0.1) is 18.3 Å². The zero-order valence-corrected chi connectivity index (χ0v) is 15.7. The summed E-state index contributed by atoms with van der Waals surface area (Å²) in [4.78, 5) is 12.9. The van der Waals surface area contributed by atoms with Crippen molar-refractivity contribution >= 4 is 17.3 Å². The zero-order valence-electron chi connectivity index (χ0n) is 15.7. The van der Waals surface area contributed by atoms with Gasteiger partial charge in [0.15, 0.2) is 11.6 Å². The summed E-state index contributed by atoms with van der Waals surface area (Å²) in [6.07, 6.45) is 8.41. The molecule has 0 saturated carbocycles. The van der Waals surface area contributed by atoms with Crippen LogP contribution in [0.15, 0.2) is 65.5 Å². The van der Waals surface area contributed by atoms with E-state index in [1.165, 1.54) is 10.9 Å². The van der Waals surface area contributed by atoms with E-state index in [4.69, 9.17) is 0 Å². The van der Waals surface area contributed by atoms with Gasteiger partial charge < -0.3 is 9.88 Å². The first-order valence-electron chi connectivity index (χ1n) is 8.71. The van der Waals surface area contributed by atoms with Crippen LogP contribution in [-0.2, 0) is 0 Å². The molecule has 0 bridgehead atoms. The molecule has 10 heteroatoms. The molecule has 0 spiro atoms. The molecule has 142 valence electrons. The maximum absolute atomic E-state index is 9.40. The lowest BCUT2D eigenvalue weighted by Gasteiger charge is -2.10. The summed E-state index contributed by atoms with van der Waals surface area (Å²) >= 11 is 0. The molecule has 0 atom stereocenters. The van der Waals surface area contributed by atoms with E-state index in [0.29, 0.717) is 17.5 Å². The molecule has 0 aromatic carbocycles. The van der Waals surface area contributed by atoms with Crippen molar-refractivity contribution in [1.29, 1.82) is 5.26 Å². The van der Waals surface area contributed by atoms with Crippen LogP contribution in [0.4, 0.5) is 17.3 Å². The first kappa shape index (κ1) is 18.0. The molecule has 10 nitrogen and oxygen atoms in total. The monoisotopic (exact) mass is 384 g/mol. The van der Waals surface area contributed by atoms with Crippen molar-refractivity contribution in [2.24, 2.45) is 10.2 Å². The Labute approximate surface area is 166 Å². The molecule has 4 heterocycles. The Bertz CT molecular complexity index is 1200. The highest BCUT2D eigenvalue weighted by atomic mass is 15.4. The van der Waals surface area contributed by atoms with E-state index in [9.17, 15) is 5.26 Å². The van der Waals surface area contributed by atoms with Gasteiger partial charge in [-0.15, -0.1) is 10.2 Å². The molecular formula is C19H16N10. The summed E-state index contributed by atoms with van der Waals surface area (Å²) < 4.78 is 3.28. The van der Waals surface area contributed by atoms with E-state index in [-0.39, 0.29) is 11.4 Å². The molecule has 4 rings (SSSR count). The van der Waals surface area contributed by atoms with Crippen molar-refractivity contribution < 1.29 is 0 Å². The number of hydrogen-bond acceptors (Lipinski definition) is 8. The van der Waals surface area contributed by atoms with Crippen molar-refractivity contribution in [1.82, 2.24) is 29.3 Å². The highest BCUT2D eigenvalue weighted by Gasteiger charge is 2.15. The van der Waals surface area contributed by atoms with E-state index in [1.54, 1.807) is 25.5 Å². The number of hydrogen-bond donors (Lipinski definition) is 1. The van der Waals surface area contributed by atoms with E-state index in [0.717, 1.165) is 11.4 Å². The number of nitriles is 1. The summed E-state index contributed by atoms with van der Waals surface area (Å²) in [5.41, 5.74) is 1.70. The number of rotatable bonds is 5. The predicted octanol–water partition coefficient (Wildman–Crippen LogP) is 3.49. The van der Waals surface area contributed by atoms with Crippen LogP contribution in [0.2, 0.25) is 0 Å². The summed E-state index contributed by atoms with van der Waals surface area (Å²) in [6.45, 7) is 1.92. The largest absolute Gasteiger partial charge is 0.371 e. The quantitative estimate of drug-likeness (QED) is 0.526. The van der Waals surface area contributed by atoms with Gasteiger partial charge in [0.1, 0.15) is 23.1 Å². The second-order valence-electron chi connectivity index (χ2n) is 5.99. The van der Waals surface area contributed by atoms with Crippen LogP contribution in [0.25, 0.3) is 11.8 Å². The smallest absolute Gasteiger partial charge is 0.252 e. The van der Waals surface area contributed by atoms with Crippen molar-refractivity contribution in [3.63, 3.8) is 0 Å². The molecule has 4 aromatic heterocycles. The Morgan fingerprint density at radius 2 is 1.86 bits per heavy atom. The molecule has 29 heavy (non-hydrogen) atoms. The first-order chi connectivity index (χ1) is 14.2. The fourth-order valence-corrected chi connectivity index (χ4v) is 2.73. The third-order valence-corrected chi connectivity index (χ3v) is 4.13. The zero-order chi connectivity index (χ0) is 20.2. The molecule has 0 aliphatic rings. The van der Waals surface area contributed by atoms with Crippen LogP contribution >= 0.6 is 0 Å². The molecule has 0 amide bonds. The Morgan fingerprint density at radius 3 is 2.55 bits per heavy atom. The lowest BCUT2D eigenvalue weighted by Crippen LogP contribution is -2.02. The summed E-state index contributed by atoms with van der Waals surface area (Å²) in [5, 5.41) is 25.3. The van der Waals surface area contributed by atoms with Gasteiger partial charge in [-0.05, 0) is 36.8 Å². The minimum atomic E-state index is 0.245.